The van der Waals surface area contributed by atoms with Gasteiger partial charge in [-0.2, -0.15) is 0 Å². The Hall–Kier alpha value is -1.56. The molecule has 2 heterocycles. The Kier molecular flexibility index (Phi) is 1.92. The van der Waals surface area contributed by atoms with Gasteiger partial charge in [-0.15, -0.1) is 11.6 Å². The average Bonchev–Trinajstić information content (AvgIpc) is 2.49. The van der Waals surface area contributed by atoms with Crippen molar-refractivity contribution in [2.75, 3.05) is 0 Å². The Morgan fingerprint density at radius 3 is 2.93 bits per heavy atom. The summed E-state index contributed by atoms with van der Waals surface area (Å²) in [4.78, 5) is 28.7. The molecule has 0 aliphatic carbocycles. The number of rotatable bonds is 1. The second-order valence-electron chi connectivity index (χ2n) is 2.83. The van der Waals surface area contributed by atoms with Crippen LogP contribution in [0.25, 0.3) is 11.2 Å². The van der Waals surface area contributed by atoms with E-state index in [9.17, 15) is 9.59 Å². The first kappa shape index (κ1) is 9.01. The van der Waals surface area contributed by atoms with Crippen LogP contribution >= 0.6 is 11.6 Å². The van der Waals surface area contributed by atoms with Crippen molar-refractivity contribution in [1.82, 2.24) is 19.1 Å². The van der Waals surface area contributed by atoms with Crippen molar-refractivity contribution in [2.24, 2.45) is 7.05 Å². The molecule has 1 N–H and O–H groups in total. The molecule has 0 aromatic carbocycles. The Morgan fingerprint density at radius 2 is 2.29 bits per heavy atom. The van der Waals surface area contributed by atoms with E-state index in [2.05, 4.69) is 9.97 Å². The van der Waals surface area contributed by atoms with Crippen LogP contribution in [0.15, 0.2) is 15.9 Å². The zero-order valence-electron chi connectivity index (χ0n) is 7.32. The molecule has 14 heavy (non-hydrogen) atoms. The van der Waals surface area contributed by atoms with E-state index >= 15 is 0 Å². The van der Waals surface area contributed by atoms with E-state index in [4.69, 9.17) is 11.6 Å². The fourth-order valence-corrected chi connectivity index (χ4v) is 1.53. The number of nitrogens with zero attached hydrogens (tertiary/aromatic N) is 3. The second kappa shape index (κ2) is 2.98. The molecular formula is C7H7ClN4O2. The minimum absolute atomic E-state index is 0.0386. The van der Waals surface area contributed by atoms with E-state index < -0.39 is 11.2 Å². The number of alkyl halides is 1. The van der Waals surface area contributed by atoms with Crippen LogP contribution in [0.3, 0.4) is 0 Å². The van der Waals surface area contributed by atoms with E-state index in [0.717, 1.165) is 0 Å². The van der Waals surface area contributed by atoms with Gasteiger partial charge in [0.2, 0.25) is 0 Å². The number of fused-ring (bicyclic) bond motifs is 1. The lowest BCUT2D eigenvalue weighted by molar-refractivity contribution is 0.807. The molecule has 0 amide bonds. The van der Waals surface area contributed by atoms with Gasteiger partial charge in [-0.1, -0.05) is 0 Å². The van der Waals surface area contributed by atoms with Gasteiger partial charge in [-0.05, 0) is 0 Å². The van der Waals surface area contributed by atoms with Gasteiger partial charge in [-0.25, -0.2) is 9.78 Å². The van der Waals surface area contributed by atoms with Crippen molar-refractivity contribution in [2.45, 2.75) is 6.00 Å². The third-order valence-corrected chi connectivity index (χ3v) is 2.21. The van der Waals surface area contributed by atoms with Crippen LogP contribution in [-0.2, 0) is 13.1 Å². The molecule has 0 saturated heterocycles. The summed E-state index contributed by atoms with van der Waals surface area (Å²) >= 11 is 5.56. The quantitative estimate of drug-likeness (QED) is 0.658. The zero-order valence-corrected chi connectivity index (χ0v) is 8.08. The van der Waals surface area contributed by atoms with Gasteiger partial charge in [0, 0.05) is 7.05 Å². The van der Waals surface area contributed by atoms with Gasteiger partial charge in [0.1, 0.15) is 6.00 Å². The Balaban J connectivity index is 3.08. The zero-order chi connectivity index (χ0) is 10.3. The smallest absolute Gasteiger partial charge is 0.328 e. The fourth-order valence-electron chi connectivity index (χ4n) is 1.31. The maximum absolute atomic E-state index is 11.4. The van der Waals surface area contributed by atoms with E-state index in [1.807, 2.05) is 0 Å². The van der Waals surface area contributed by atoms with Crippen LogP contribution < -0.4 is 11.2 Å². The summed E-state index contributed by atoms with van der Waals surface area (Å²) in [6, 6.07) is -0.0386. The fraction of sp³-hybridized carbons (Fsp3) is 0.286. The van der Waals surface area contributed by atoms with Crippen LogP contribution in [0, 0.1) is 0 Å². The van der Waals surface area contributed by atoms with Crippen LogP contribution in [0.2, 0.25) is 0 Å². The molecular weight excluding hydrogens is 208 g/mol. The number of aryl methyl sites for hydroxylation is 1. The highest BCUT2D eigenvalue weighted by Crippen LogP contribution is 2.03. The summed E-state index contributed by atoms with van der Waals surface area (Å²) in [5.74, 6) is 0. The number of hydrogen-bond donors (Lipinski definition) is 1. The molecule has 0 aliphatic heterocycles. The van der Waals surface area contributed by atoms with Crippen molar-refractivity contribution >= 4 is 22.8 Å². The Bertz CT molecular complexity index is 594. The first-order chi connectivity index (χ1) is 6.65. The third-order valence-electron chi connectivity index (χ3n) is 1.97. The first-order valence-electron chi connectivity index (χ1n) is 3.85. The molecule has 0 aliphatic rings. The van der Waals surface area contributed by atoms with Gasteiger partial charge >= 0.3 is 5.69 Å². The highest BCUT2D eigenvalue weighted by atomic mass is 35.5. The Morgan fingerprint density at radius 1 is 1.57 bits per heavy atom. The standard InChI is InChI=1S/C7H7ClN4O2/c1-11-3-9-5-4(11)6(13)10-7(14)12(5)2-8/h3H,2H2,1H3,(H,10,13,14). The summed E-state index contributed by atoms with van der Waals surface area (Å²) in [6.07, 6.45) is 1.46. The average molecular weight is 215 g/mol. The minimum atomic E-state index is -0.545. The molecule has 0 fully saturated rings. The molecule has 0 saturated carbocycles. The number of nitrogens with one attached hydrogen (secondary N) is 1. The molecule has 2 rings (SSSR count). The summed E-state index contributed by atoms with van der Waals surface area (Å²) in [5.41, 5.74) is -0.357. The second-order valence-corrected chi connectivity index (χ2v) is 3.07. The maximum atomic E-state index is 11.4. The van der Waals surface area contributed by atoms with Crippen molar-refractivity contribution in [3.05, 3.63) is 27.2 Å². The number of hydrogen-bond acceptors (Lipinski definition) is 3. The van der Waals surface area contributed by atoms with E-state index in [1.54, 1.807) is 7.05 Å². The lowest BCUT2D eigenvalue weighted by Gasteiger charge is -2.00. The lowest BCUT2D eigenvalue weighted by atomic mass is 10.5. The van der Waals surface area contributed by atoms with Crippen LogP contribution in [0.1, 0.15) is 0 Å². The predicted molar refractivity (Wildman–Crippen MR) is 51.4 cm³/mol. The normalized spacial score (nSPS) is 11.0. The topological polar surface area (TPSA) is 72.7 Å². The molecule has 0 unspecified atom stereocenters. The van der Waals surface area contributed by atoms with Crippen molar-refractivity contribution in [3.63, 3.8) is 0 Å². The number of imidazole rings is 1. The first-order valence-corrected chi connectivity index (χ1v) is 4.38. The maximum Gasteiger partial charge on any atom is 0.331 e. The predicted octanol–water partition coefficient (Wildman–Crippen LogP) is -0.380. The van der Waals surface area contributed by atoms with Crippen LogP contribution in [-0.4, -0.2) is 19.1 Å². The minimum Gasteiger partial charge on any atom is -0.328 e. The molecule has 0 spiro atoms. The van der Waals surface area contributed by atoms with Crippen LogP contribution in [0.5, 0.6) is 0 Å². The van der Waals surface area contributed by atoms with E-state index in [-0.39, 0.29) is 6.00 Å². The molecule has 0 bridgehead atoms. The molecule has 6 nitrogen and oxygen atoms in total. The van der Waals surface area contributed by atoms with E-state index in [0.29, 0.717) is 11.2 Å². The van der Waals surface area contributed by atoms with Gasteiger partial charge in [0.05, 0.1) is 6.33 Å². The monoisotopic (exact) mass is 214 g/mol. The summed E-state index contributed by atoms with van der Waals surface area (Å²) in [5, 5.41) is 0. The van der Waals surface area contributed by atoms with Crippen LogP contribution in [0.4, 0.5) is 0 Å². The largest absolute Gasteiger partial charge is 0.331 e. The Labute approximate surface area is 82.8 Å². The number of aromatic nitrogens is 4. The highest BCUT2D eigenvalue weighted by molar-refractivity contribution is 6.15. The highest BCUT2D eigenvalue weighted by Gasteiger charge is 2.10. The van der Waals surface area contributed by atoms with E-state index in [1.165, 1.54) is 15.5 Å². The molecule has 74 valence electrons. The SMILES string of the molecule is Cn1cnc2c1c(=O)[nH]c(=O)n2CCl. The third kappa shape index (κ3) is 1.07. The van der Waals surface area contributed by atoms with Crippen molar-refractivity contribution in [3.8, 4) is 0 Å². The molecule has 2 aromatic heterocycles. The summed E-state index contributed by atoms with van der Waals surface area (Å²) in [6.45, 7) is 0. The molecule has 0 atom stereocenters. The van der Waals surface area contributed by atoms with Gasteiger partial charge < -0.3 is 4.57 Å². The number of H-pyrrole nitrogens is 1. The van der Waals surface area contributed by atoms with Gasteiger partial charge in [0.25, 0.3) is 5.56 Å². The number of halogens is 1. The lowest BCUT2D eigenvalue weighted by Crippen LogP contribution is -2.30. The summed E-state index contributed by atoms with van der Waals surface area (Å²) < 4.78 is 2.73. The van der Waals surface area contributed by atoms with Gasteiger partial charge in [0.15, 0.2) is 11.2 Å². The van der Waals surface area contributed by atoms with Crippen molar-refractivity contribution < 1.29 is 0 Å². The number of aromatic amines is 1. The van der Waals surface area contributed by atoms with Gasteiger partial charge in [-0.3, -0.25) is 14.3 Å². The summed E-state index contributed by atoms with van der Waals surface area (Å²) in [7, 11) is 1.67. The molecule has 7 heteroatoms. The molecule has 2 aromatic rings. The molecule has 0 radical (unpaired) electrons. The van der Waals surface area contributed by atoms with Crippen molar-refractivity contribution in [1.29, 1.82) is 0 Å².